The van der Waals surface area contributed by atoms with Gasteiger partial charge in [-0.1, -0.05) is 0 Å². The summed E-state index contributed by atoms with van der Waals surface area (Å²) in [5.41, 5.74) is 3.45. The number of aromatic amines is 2. The first-order chi connectivity index (χ1) is 8.31. The minimum absolute atomic E-state index is 0.188. The van der Waals surface area contributed by atoms with Crippen LogP contribution in [-0.4, -0.2) is 9.97 Å². The maximum absolute atomic E-state index is 11.1. The maximum atomic E-state index is 11.1. The third-order valence-electron chi connectivity index (χ3n) is 2.59. The zero-order valence-electron chi connectivity index (χ0n) is 8.99. The molecule has 0 bridgehead atoms. The Morgan fingerprint density at radius 3 is 2.88 bits per heavy atom. The van der Waals surface area contributed by atoms with Crippen molar-refractivity contribution in [2.75, 3.05) is 5.32 Å². The van der Waals surface area contributed by atoms with Crippen LogP contribution in [0.5, 0.6) is 0 Å². The number of anilines is 1. The highest BCUT2D eigenvalue weighted by Gasteiger charge is 2.00. The van der Waals surface area contributed by atoms with E-state index in [9.17, 15) is 4.79 Å². The number of hydrogen-bond acceptors (Lipinski definition) is 3. The minimum Gasteiger partial charge on any atom is -0.472 e. The molecule has 2 aromatic heterocycles. The summed E-state index contributed by atoms with van der Waals surface area (Å²) < 4.78 is 4.98. The van der Waals surface area contributed by atoms with Crippen LogP contribution in [0.3, 0.4) is 0 Å². The van der Waals surface area contributed by atoms with E-state index in [-0.39, 0.29) is 5.69 Å². The molecule has 5 nitrogen and oxygen atoms in total. The summed E-state index contributed by atoms with van der Waals surface area (Å²) in [5, 5.41) is 3.25. The van der Waals surface area contributed by atoms with Crippen molar-refractivity contribution < 1.29 is 4.42 Å². The fourth-order valence-electron chi connectivity index (χ4n) is 1.74. The highest BCUT2D eigenvalue weighted by Crippen LogP contribution is 2.15. The van der Waals surface area contributed by atoms with E-state index in [2.05, 4.69) is 15.3 Å². The molecule has 2 heterocycles. The molecule has 3 aromatic rings. The molecular weight excluding hydrogens is 218 g/mol. The first-order valence-corrected chi connectivity index (χ1v) is 5.28. The molecule has 0 aliphatic rings. The number of aromatic nitrogens is 2. The number of imidazole rings is 1. The standard InChI is InChI=1S/C12H11N3O2/c16-12-14-10-2-1-9(5-11(10)15-12)13-6-8-3-4-17-7-8/h1-5,7,13H,6H2,(H2,14,15,16). The molecule has 86 valence electrons. The lowest BCUT2D eigenvalue weighted by atomic mass is 10.2. The van der Waals surface area contributed by atoms with E-state index in [1.54, 1.807) is 12.5 Å². The molecule has 0 saturated heterocycles. The summed E-state index contributed by atoms with van der Waals surface area (Å²) in [6, 6.07) is 7.59. The highest BCUT2D eigenvalue weighted by atomic mass is 16.3. The van der Waals surface area contributed by atoms with Crippen LogP contribution < -0.4 is 11.0 Å². The predicted molar refractivity (Wildman–Crippen MR) is 65.0 cm³/mol. The van der Waals surface area contributed by atoms with E-state index in [4.69, 9.17) is 4.42 Å². The number of benzene rings is 1. The summed E-state index contributed by atoms with van der Waals surface area (Å²) in [5.74, 6) is 0. The van der Waals surface area contributed by atoms with Crippen LogP contribution in [-0.2, 0) is 6.54 Å². The molecule has 17 heavy (non-hydrogen) atoms. The van der Waals surface area contributed by atoms with Crippen LogP contribution in [0.25, 0.3) is 11.0 Å². The lowest BCUT2D eigenvalue weighted by Crippen LogP contribution is -1.99. The van der Waals surface area contributed by atoms with Gasteiger partial charge in [-0.05, 0) is 24.3 Å². The van der Waals surface area contributed by atoms with Gasteiger partial charge in [0.1, 0.15) is 0 Å². The minimum atomic E-state index is -0.188. The average Bonchev–Trinajstić information content (AvgIpc) is 2.92. The normalized spacial score (nSPS) is 10.8. The molecule has 0 aliphatic carbocycles. The van der Waals surface area contributed by atoms with E-state index in [1.807, 2.05) is 24.3 Å². The number of hydrogen-bond donors (Lipinski definition) is 3. The Labute approximate surface area is 96.5 Å². The van der Waals surface area contributed by atoms with E-state index in [0.29, 0.717) is 6.54 Å². The SMILES string of the molecule is O=c1[nH]c2ccc(NCc3ccoc3)cc2[nH]1. The first kappa shape index (κ1) is 9.77. The molecule has 0 fully saturated rings. The largest absolute Gasteiger partial charge is 0.472 e. The molecule has 0 amide bonds. The van der Waals surface area contributed by atoms with Crippen molar-refractivity contribution in [1.29, 1.82) is 0 Å². The van der Waals surface area contributed by atoms with Crippen molar-refractivity contribution in [3.05, 3.63) is 52.8 Å². The number of rotatable bonds is 3. The molecule has 0 aliphatic heterocycles. The Hall–Kier alpha value is -2.43. The van der Waals surface area contributed by atoms with Crippen LogP contribution in [0.15, 0.2) is 46.0 Å². The average molecular weight is 229 g/mol. The molecule has 0 spiro atoms. The van der Waals surface area contributed by atoms with Crippen molar-refractivity contribution in [2.45, 2.75) is 6.54 Å². The Kier molecular flexibility index (Phi) is 2.22. The summed E-state index contributed by atoms with van der Waals surface area (Å²) in [7, 11) is 0. The van der Waals surface area contributed by atoms with E-state index < -0.39 is 0 Å². The second-order valence-electron chi connectivity index (χ2n) is 3.82. The summed E-state index contributed by atoms with van der Waals surface area (Å²) in [6.07, 6.45) is 3.34. The number of furan rings is 1. The summed E-state index contributed by atoms with van der Waals surface area (Å²) in [4.78, 5) is 16.5. The van der Waals surface area contributed by atoms with Gasteiger partial charge in [0.2, 0.25) is 0 Å². The lowest BCUT2D eigenvalue weighted by molar-refractivity contribution is 0.564. The second kappa shape index (κ2) is 3.86. The van der Waals surface area contributed by atoms with Crippen LogP contribution >= 0.6 is 0 Å². The predicted octanol–water partition coefficient (Wildman–Crippen LogP) is 2.06. The molecule has 3 rings (SSSR count). The van der Waals surface area contributed by atoms with Crippen molar-refractivity contribution in [3.63, 3.8) is 0 Å². The lowest BCUT2D eigenvalue weighted by Gasteiger charge is -2.04. The van der Waals surface area contributed by atoms with E-state index in [1.165, 1.54) is 0 Å². The maximum Gasteiger partial charge on any atom is 0.323 e. The van der Waals surface area contributed by atoms with Gasteiger partial charge >= 0.3 is 5.69 Å². The molecule has 5 heteroatoms. The zero-order chi connectivity index (χ0) is 11.7. The third-order valence-corrected chi connectivity index (χ3v) is 2.59. The number of H-pyrrole nitrogens is 2. The molecule has 1 aromatic carbocycles. The quantitative estimate of drug-likeness (QED) is 0.643. The van der Waals surface area contributed by atoms with Gasteiger partial charge in [-0.2, -0.15) is 0 Å². The Morgan fingerprint density at radius 2 is 2.06 bits per heavy atom. The second-order valence-corrected chi connectivity index (χ2v) is 3.82. The van der Waals surface area contributed by atoms with Gasteiger partial charge in [0.15, 0.2) is 0 Å². The summed E-state index contributed by atoms with van der Waals surface area (Å²) in [6.45, 7) is 0.691. The molecular formula is C12H11N3O2. The first-order valence-electron chi connectivity index (χ1n) is 5.28. The fourth-order valence-corrected chi connectivity index (χ4v) is 1.74. The van der Waals surface area contributed by atoms with Gasteiger partial charge in [0.05, 0.1) is 23.6 Å². The zero-order valence-corrected chi connectivity index (χ0v) is 8.99. The van der Waals surface area contributed by atoms with Gasteiger partial charge in [0, 0.05) is 17.8 Å². The smallest absolute Gasteiger partial charge is 0.323 e. The molecule has 0 radical (unpaired) electrons. The fraction of sp³-hybridized carbons (Fsp3) is 0.0833. The summed E-state index contributed by atoms with van der Waals surface area (Å²) >= 11 is 0. The highest BCUT2D eigenvalue weighted by molar-refractivity contribution is 5.78. The van der Waals surface area contributed by atoms with Crippen LogP contribution in [0, 0.1) is 0 Å². The van der Waals surface area contributed by atoms with Gasteiger partial charge in [-0.15, -0.1) is 0 Å². The van der Waals surface area contributed by atoms with Crippen LogP contribution in [0.4, 0.5) is 5.69 Å². The number of fused-ring (bicyclic) bond motifs is 1. The topological polar surface area (TPSA) is 73.8 Å². The van der Waals surface area contributed by atoms with Crippen molar-refractivity contribution in [3.8, 4) is 0 Å². The van der Waals surface area contributed by atoms with Crippen LogP contribution in [0.2, 0.25) is 0 Å². The van der Waals surface area contributed by atoms with E-state index >= 15 is 0 Å². The van der Waals surface area contributed by atoms with Crippen molar-refractivity contribution in [2.24, 2.45) is 0 Å². The Balaban J connectivity index is 1.83. The van der Waals surface area contributed by atoms with Gasteiger partial charge < -0.3 is 19.7 Å². The molecule has 0 atom stereocenters. The monoisotopic (exact) mass is 229 g/mol. The van der Waals surface area contributed by atoms with Crippen LogP contribution in [0.1, 0.15) is 5.56 Å². The third kappa shape index (κ3) is 1.94. The number of nitrogens with one attached hydrogen (secondary N) is 3. The van der Waals surface area contributed by atoms with Gasteiger partial charge in [-0.3, -0.25) is 0 Å². The van der Waals surface area contributed by atoms with Gasteiger partial charge in [0.25, 0.3) is 0 Å². The van der Waals surface area contributed by atoms with Crippen molar-refractivity contribution >= 4 is 16.7 Å². The molecule has 0 saturated carbocycles. The van der Waals surface area contributed by atoms with Gasteiger partial charge in [-0.25, -0.2) is 4.79 Å². The van der Waals surface area contributed by atoms with E-state index in [0.717, 1.165) is 22.3 Å². The Bertz CT molecular complexity index is 679. The van der Waals surface area contributed by atoms with Crippen molar-refractivity contribution in [1.82, 2.24) is 9.97 Å². The Morgan fingerprint density at radius 1 is 1.18 bits per heavy atom. The molecule has 3 N–H and O–H groups in total. The molecule has 0 unspecified atom stereocenters.